The van der Waals surface area contributed by atoms with Gasteiger partial charge in [0.15, 0.2) is 11.5 Å². The van der Waals surface area contributed by atoms with Crippen LogP contribution in [-0.4, -0.2) is 54.4 Å². The van der Waals surface area contributed by atoms with E-state index in [9.17, 15) is 20.0 Å². The first-order valence-corrected chi connectivity index (χ1v) is 11.5. The molecule has 1 aliphatic rings. The molecule has 0 saturated carbocycles. The molecule has 37 heavy (non-hydrogen) atoms. The van der Waals surface area contributed by atoms with E-state index >= 15 is 0 Å². The summed E-state index contributed by atoms with van der Waals surface area (Å²) in [4.78, 5) is 25.7. The van der Waals surface area contributed by atoms with E-state index in [1.54, 1.807) is 42.5 Å². The number of benzene rings is 2. The Morgan fingerprint density at radius 3 is 2.59 bits per heavy atom. The maximum absolute atomic E-state index is 12.6. The predicted octanol–water partition coefficient (Wildman–Crippen LogP) is 4.39. The Bertz CT molecular complexity index is 1280. The number of terminal acetylenes is 1. The van der Waals surface area contributed by atoms with Crippen molar-refractivity contribution >= 4 is 23.8 Å². The molecule has 0 radical (unpaired) electrons. The number of amides is 2. The average molecular weight is 504 g/mol. The van der Waals surface area contributed by atoms with Gasteiger partial charge in [-0.1, -0.05) is 38.8 Å². The summed E-state index contributed by atoms with van der Waals surface area (Å²) in [5, 5.41) is 21.5. The van der Waals surface area contributed by atoms with Crippen LogP contribution in [0.25, 0.3) is 6.08 Å². The van der Waals surface area contributed by atoms with Crippen molar-refractivity contribution in [2.24, 2.45) is 5.41 Å². The number of nitriles is 1. The fourth-order valence-corrected chi connectivity index (χ4v) is 4.21. The lowest BCUT2D eigenvalue weighted by atomic mass is 9.77. The van der Waals surface area contributed by atoms with Gasteiger partial charge in [-0.25, -0.2) is 4.79 Å². The van der Waals surface area contributed by atoms with E-state index < -0.39 is 29.6 Å². The van der Waals surface area contributed by atoms with Crippen molar-refractivity contribution in [1.29, 1.82) is 5.26 Å². The lowest BCUT2D eigenvalue weighted by Crippen LogP contribution is -2.68. The first-order valence-electron chi connectivity index (χ1n) is 11.5. The molecule has 0 aromatic heterocycles. The molecule has 1 heterocycles. The maximum atomic E-state index is 12.6. The zero-order chi connectivity index (χ0) is 27.2. The molecule has 0 aliphatic carbocycles. The Hall–Kier alpha value is -4.63. The number of carbonyl (C=O) groups is 2. The largest absolute Gasteiger partial charge is 0.490 e. The lowest BCUT2D eigenvalue weighted by molar-refractivity contribution is -0.111. The molecule has 1 saturated heterocycles. The molecular weight excluding hydrogens is 474 g/mol. The molecule has 0 spiro atoms. The van der Waals surface area contributed by atoms with Gasteiger partial charge in [0.25, 0.3) is 0 Å². The van der Waals surface area contributed by atoms with Gasteiger partial charge < -0.3 is 24.6 Å². The number of likely N-dealkylation sites (tertiary alicyclic amines) is 1. The smallest absolute Gasteiger partial charge is 0.407 e. The van der Waals surface area contributed by atoms with Crippen LogP contribution in [0, 0.1) is 29.1 Å². The monoisotopic (exact) mass is 503 g/mol. The fraction of sp³-hybridized carbons (Fsp3) is 0.321. The highest BCUT2D eigenvalue weighted by Crippen LogP contribution is 2.44. The number of carbonyl (C=O) groups excluding carboxylic acids is 1. The molecule has 0 bridgehead atoms. The number of carboxylic acid groups (broad SMARTS) is 1. The van der Waals surface area contributed by atoms with Crippen LogP contribution in [0.1, 0.15) is 31.9 Å². The van der Waals surface area contributed by atoms with Crippen LogP contribution in [0.5, 0.6) is 17.2 Å². The summed E-state index contributed by atoms with van der Waals surface area (Å²) in [6.45, 7) is 6.00. The van der Waals surface area contributed by atoms with Crippen LogP contribution in [-0.2, 0) is 4.79 Å². The van der Waals surface area contributed by atoms with Crippen LogP contribution in [0.4, 0.5) is 10.5 Å². The van der Waals surface area contributed by atoms with Crippen molar-refractivity contribution in [2.45, 2.75) is 32.9 Å². The minimum absolute atomic E-state index is 0.00648. The molecule has 1 aliphatic heterocycles. The molecule has 2 atom stereocenters. The van der Waals surface area contributed by atoms with E-state index in [1.165, 1.54) is 18.1 Å². The van der Waals surface area contributed by atoms with Gasteiger partial charge in [-0.05, 0) is 35.8 Å². The number of hydrogen-bond acceptors (Lipinski definition) is 6. The minimum Gasteiger partial charge on any atom is -0.490 e. The highest BCUT2D eigenvalue weighted by molar-refractivity contribution is 6.02. The fourth-order valence-electron chi connectivity index (χ4n) is 4.21. The standard InChI is InChI=1S/C28H29N3O6/c1-6-15-36-21-13-11-18(12-14-23(32)30-20-10-8-7-9-19(20)16-29)24(25(21)35-5)37-22-17-31(27(33)34)26(22)28(2,3)4/h1,7-14,22,26H,15,17H2,2-5H3,(H,30,32)(H,33,34)/b14-12+. The van der Waals surface area contributed by atoms with E-state index in [1.807, 2.05) is 26.8 Å². The Kier molecular flexibility index (Phi) is 8.31. The molecule has 2 amide bonds. The number of hydrogen-bond donors (Lipinski definition) is 2. The van der Waals surface area contributed by atoms with Gasteiger partial charge in [0.05, 0.1) is 30.9 Å². The Balaban J connectivity index is 1.94. The van der Waals surface area contributed by atoms with E-state index in [0.29, 0.717) is 28.3 Å². The maximum Gasteiger partial charge on any atom is 0.407 e. The highest BCUT2D eigenvalue weighted by atomic mass is 16.5. The Labute approximate surface area is 216 Å². The molecule has 3 rings (SSSR count). The van der Waals surface area contributed by atoms with Crippen molar-refractivity contribution in [2.75, 3.05) is 25.6 Å². The molecule has 2 aromatic carbocycles. The number of ether oxygens (including phenoxy) is 3. The predicted molar refractivity (Wildman–Crippen MR) is 139 cm³/mol. The van der Waals surface area contributed by atoms with Crippen LogP contribution in [0.3, 0.4) is 0 Å². The van der Waals surface area contributed by atoms with E-state index in [0.717, 1.165) is 0 Å². The van der Waals surface area contributed by atoms with Gasteiger partial charge in [-0.2, -0.15) is 5.26 Å². The molecule has 2 aromatic rings. The SMILES string of the molecule is C#CCOc1ccc(/C=C/C(=O)Nc2ccccc2C#N)c(OC2CN(C(=O)O)C2C(C)(C)C)c1OC. The van der Waals surface area contributed by atoms with Gasteiger partial charge in [0.1, 0.15) is 18.8 Å². The molecule has 192 valence electrons. The van der Waals surface area contributed by atoms with Gasteiger partial charge in [0.2, 0.25) is 11.7 Å². The summed E-state index contributed by atoms with van der Waals surface area (Å²) in [6, 6.07) is 11.6. The van der Waals surface area contributed by atoms with Gasteiger partial charge in [-0.15, -0.1) is 6.42 Å². The van der Waals surface area contributed by atoms with Crippen molar-refractivity contribution in [1.82, 2.24) is 4.90 Å². The van der Waals surface area contributed by atoms with E-state index in [2.05, 4.69) is 11.2 Å². The third-order valence-corrected chi connectivity index (χ3v) is 5.81. The molecule has 1 fully saturated rings. The number of nitrogens with one attached hydrogen (secondary N) is 1. The molecule has 9 nitrogen and oxygen atoms in total. The summed E-state index contributed by atoms with van der Waals surface area (Å²) in [5.74, 6) is 2.87. The van der Waals surface area contributed by atoms with Crippen molar-refractivity contribution in [3.63, 3.8) is 0 Å². The van der Waals surface area contributed by atoms with Crippen LogP contribution in [0.15, 0.2) is 42.5 Å². The number of para-hydroxylation sites is 1. The van der Waals surface area contributed by atoms with Crippen LogP contribution in [0.2, 0.25) is 0 Å². The molecular formula is C28H29N3O6. The van der Waals surface area contributed by atoms with Crippen molar-refractivity contribution < 1.29 is 28.9 Å². The Morgan fingerprint density at radius 2 is 1.97 bits per heavy atom. The zero-order valence-corrected chi connectivity index (χ0v) is 21.1. The van der Waals surface area contributed by atoms with Gasteiger partial charge in [0, 0.05) is 11.6 Å². The van der Waals surface area contributed by atoms with Gasteiger partial charge >= 0.3 is 6.09 Å². The van der Waals surface area contributed by atoms with E-state index in [-0.39, 0.29) is 18.9 Å². The normalized spacial score (nSPS) is 16.8. The third-order valence-electron chi connectivity index (χ3n) is 5.81. The molecule has 9 heteroatoms. The summed E-state index contributed by atoms with van der Waals surface area (Å²) in [6.07, 6.45) is 6.71. The third kappa shape index (κ3) is 6.14. The number of methoxy groups -OCH3 is 1. The molecule has 2 N–H and O–H groups in total. The van der Waals surface area contributed by atoms with Crippen molar-refractivity contribution in [3.8, 4) is 35.7 Å². The second kappa shape index (κ2) is 11.4. The Morgan fingerprint density at radius 1 is 1.24 bits per heavy atom. The highest BCUT2D eigenvalue weighted by Gasteiger charge is 2.50. The van der Waals surface area contributed by atoms with Crippen LogP contribution >= 0.6 is 0 Å². The summed E-state index contributed by atoms with van der Waals surface area (Å²) in [5.41, 5.74) is 0.847. The number of anilines is 1. The van der Waals surface area contributed by atoms with Crippen LogP contribution < -0.4 is 19.5 Å². The minimum atomic E-state index is -1.02. The molecule has 2 unspecified atom stereocenters. The first kappa shape index (κ1) is 27.0. The second-order valence-corrected chi connectivity index (χ2v) is 9.39. The summed E-state index contributed by atoms with van der Waals surface area (Å²) < 4.78 is 17.5. The first-order chi connectivity index (χ1) is 17.6. The average Bonchev–Trinajstić information content (AvgIpc) is 2.82. The number of rotatable bonds is 8. The quantitative estimate of drug-likeness (QED) is 0.405. The van der Waals surface area contributed by atoms with Crippen molar-refractivity contribution in [3.05, 3.63) is 53.6 Å². The zero-order valence-electron chi connectivity index (χ0n) is 21.1. The topological polar surface area (TPSA) is 121 Å². The summed E-state index contributed by atoms with van der Waals surface area (Å²) in [7, 11) is 1.45. The number of nitrogens with zero attached hydrogens (tertiary/aromatic N) is 2. The lowest BCUT2D eigenvalue weighted by Gasteiger charge is -2.52. The van der Waals surface area contributed by atoms with E-state index in [4.69, 9.17) is 20.6 Å². The summed E-state index contributed by atoms with van der Waals surface area (Å²) >= 11 is 0. The second-order valence-electron chi connectivity index (χ2n) is 9.39. The van der Waals surface area contributed by atoms with Gasteiger partial charge in [-0.3, -0.25) is 9.69 Å².